The van der Waals surface area contributed by atoms with E-state index in [1.54, 1.807) is 26.1 Å². The number of aromatic nitrogens is 2. The van der Waals surface area contributed by atoms with Gasteiger partial charge in [0.2, 0.25) is 0 Å². The zero-order valence-electron chi connectivity index (χ0n) is 14.6. The molecule has 0 unspecified atom stereocenters. The normalized spacial score (nSPS) is 25.8. The molecule has 3 rings (SSSR count). The number of methoxy groups -OCH3 is 1. The summed E-state index contributed by atoms with van der Waals surface area (Å²) in [7, 11) is 1.69. The second-order valence-electron chi connectivity index (χ2n) is 6.59. The van der Waals surface area contributed by atoms with Gasteiger partial charge in [0.25, 0.3) is 5.89 Å². The van der Waals surface area contributed by atoms with Crippen molar-refractivity contribution in [3.05, 3.63) is 11.7 Å². The Hall–Kier alpha value is -1.72. The first-order valence-electron chi connectivity index (χ1n) is 8.03. The number of ether oxygens (including phenoxy) is 1. The van der Waals surface area contributed by atoms with Gasteiger partial charge in [-0.2, -0.15) is 4.98 Å². The fourth-order valence-electron chi connectivity index (χ4n) is 3.43. The highest BCUT2D eigenvalue weighted by Gasteiger charge is 2.48. The Balaban J connectivity index is 1.77. The van der Waals surface area contributed by atoms with Crippen LogP contribution in [-0.2, 0) is 27.7 Å². The first-order valence-corrected chi connectivity index (χ1v) is 9.85. The van der Waals surface area contributed by atoms with Crippen LogP contribution in [0.4, 0.5) is 4.79 Å². The van der Waals surface area contributed by atoms with Crippen LogP contribution in [0.25, 0.3) is 0 Å². The van der Waals surface area contributed by atoms with Crippen LogP contribution in [0.3, 0.4) is 0 Å². The number of hydrogen-bond acceptors (Lipinski definition) is 8. The predicted molar refractivity (Wildman–Crippen MR) is 87.4 cm³/mol. The third-order valence-corrected chi connectivity index (χ3v) is 6.24. The van der Waals surface area contributed by atoms with Crippen molar-refractivity contribution in [1.29, 1.82) is 0 Å². The quantitative estimate of drug-likeness (QED) is 0.673. The lowest BCUT2D eigenvalue weighted by Gasteiger charge is -2.44. The minimum atomic E-state index is -3.19. The van der Waals surface area contributed by atoms with E-state index in [-0.39, 0.29) is 36.2 Å². The fraction of sp³-hybridized carbons (Fsp3) is 0.786. The lowest BCUT2D eigenvalue weighted by molar-refractivity contribution is 0.0502. The molecular weight excluding hydrogens is 350 g/mol. The Bertz CT molecular complexity index is 734. The summed E-state index contributed by atoms with van der Waals surface area (Å²) in [6.45, 7) is 1.65. The van der Waals surface area contributed by atoms with Gasteiger partial charge in [-0.25, -0.2) is 13.2 Å². The molecule has 1 aromatic rings. The second kappa shape index (κ2) is 6.89. The van der Waals surface area contributed by atoms with E-state index in [0.29, 0.717) is 31.3 Å². The summed E-state index contributed by atoms with van der Waals surface area (Å²) in [6, 6.07) is -0.764. The monoisotopic (exact) mass is 373 g/mol. The maximum Gasteiger partial charge on any atom is 0.319 e. The molecule has 0 aromatic carbocycles. The zero-order chi connectivity index (χ0) is 18.2. The Labute approximate surface area is 146 Å². The molecule has 0 spiro atoms. The Morgan fingerprint density at radius 2 is 2.04 bits per heavy atom. The van der Waals surface area contributed by atoms with Crippen LogP contribution < -0.4 is 0 Å². The molecule has 0 aliphatic carbocycles. The number of fused-ring (bicyclic) bond motifs is 1. The molecule has 3 heterocycles. The largest absolute Gasteiger partial charge is 0.375 e. The van der Waals surface area contributed by atoms with Gasteiger partial charge >= 0.3 is 6.03 Å². The smallest absolute Gasteiger partial charge is 0.319 e. The maximum absolute atomic E-state index is 12.4. The Morgan fingerprint density at radius 1 is 1.32 bits per heavy atom. The van der Waals surface area contributed by atoms with Gasteiger partial charge in [0, 0.05) is 40.3 Å². The molecule has 25 heavy (non-hydrogen) atoms. The van der Waals surface area contributed by atoms with Crippen LogP contribution in [0.15, 0.2) is 4.52 Å². The van der Waals surface area contributed by atoms with Gasteiger partial charge in [0.15, 0.2) is 15.7 Å². The number of urea groups is 1. The minimum absolute atomic E-state index is 0.00504. The highest BCUT2D eigenvalue weighted by Crippen LogP contribution is 2.28. The maximum atomic E-state index is 12.4. The molecule has 2 aliphatic heterocycles. The molecule has 2 saturated heterocycles. The van der Waals surface area contributed by atoms with Crippen LogP contribution in [-0.4, -0.2) is 97.2 Å². The van der Waals surface area contributed by atoms with Crippen molar-refractivity contribution in [2.45, 2.75) is 25.2 Å². The molecule has 0 bridgehead atoms. The van der Waals surface area contributed by atoms with E-state index in [2.05, 4.69) is 10.1 Å². The number of rotatable bonds is 4. The average Bonchev–Trinajstić information content (AvgIpc) is 3.10. The van der Waals surface area contributed by atoms with Gasteiger partial charge in [-0.15, -0.1) is 0 Å². The second-order valence-corrected chi connectivity index (χ2v) is 8.74. The highest BCUT2D eigenvalue weighted by atomic mass is 32.2. The van der Waals surface area contributed by atoms with Crippen molar-refractivity contribution >= 4 is 15.9 Å². The summed E-state index contributed by atoms with van der Waals surface area (Å²) >= 11 is 0. The predicted octanol–water partition coefficient (Wildman–Crippen LogP) is -0.819. The van der Waals surface area contributed by atoms with Crippen molar-refractivity contribution in [2.24, 2.45) is 0 Å². The summed E-state index contributed by atoms with van der Waals surface area (Å²) in [4.78, 5) is 21.8. The van der Waals surface area contributed by atoms with Crippen LogP contribution in [0.2, 0.25) is 0 Å². The van der Waals surface area contributed by atoms with Crippen molar-refractivity contribution in [1.82, 2.24) is 24.8 Å². The lowest BCUT2D eigenvalue weighted by atomic mass is 10.1. The molecule has 0 saturated carbocycles. The zero-order valence-corrected chi connectivity index (χ0v) is 15.4. The van der Waals surface area contributed by atoms with Gasteiger partial charge in [0.05, 0.1) is 24.1 Å². The standard InChI is InChI=1S/C14H23N5O5S/c1-17(2)14(20)19-5-4-18(10-8-25(21,22)9-11(10)19)6-12-15-13(7-23-3)24-16-12/h10-11H,4-9H2,1-3H3/t10-,11+/m0/s1. The molecule has 2 fully saturated rings. The summed E-state index contributed by atoms with van der Waals surface area (Å²) in [5, 5.41) is 3.92. The number of hydrogen-bond donors (Lipinski definition) is 0. The van der Waals surface area contributed by atoms with E-state index in [4.69, 9.17) is 9.26 Å². The van der Waals surface area contributed by atoms with Crippen LogP contribution >= 0.6 is 0 Å². The van der Waals surface area contributed by atoms with E-state index in [1.807, 2.05) is 4.90 Å². The number of sulfone groups is 1. The van der Waals surface area contributed by atoms with Crippen LogP contribution in [0.5, 0.6) is 0 Å². The molecule has 2 aliphatic rings. The van der Waals surface area contributed by atoms with Gasteiger partial charge in [-0.05, 0) is 0 Å². The van der Waals surface area contributed by atoms with Crippen LogP contribution in [0, 0.1) is 0 Å². The van der Waals surface area contributed by atoms with Gasteiger partial charge in [-0.1, -0.05) is 5.16 Å². The molecule has 0 radical (unpaired) electrons. The van der Waals surface area contributed by atoms with Crippen molar-refractivity contribution in [3.63, 3.8) is 0 Å². The lowest BCUT2D eigenvalue weighted by Crippen LogP contribution is -2.61. The topological polar surface area (TPSA) is 109 Å². The molecule has 0 N–H and O–H groups in total. The summed E-state index contributed by atoms with van der Waals surface area (Å²) < 4.78 is 34.4. The summed E-state index contributed by atoms with van der Waals surface area (Å²) in [5.41, 5.74) is 0. The van der Waals surface area contributed by atoms with E-state index < -0.39 is 9.84 Å². The van der Waals surface area contributed by atoms with Crippen molar-refractivity contribution in [2.75, 3.05) is 45.8 Å². The fourth-order valence-corrected chi connectivity index (χ4v) is 5.45. The van der Waals surface area contributed by atoms with E-state index >= 15 is 0 Å². The Kier molecular flexibility index (Phi) is 4.98. The molecule has 140 valence electrons. The molecule has 11 heteroatoms. The Morgan fingerprint density at radius 3 is 2.72 bits per heavy atom. The highest BCUT2D eigenvalue weighted by molar-refractivity contribution is 7.91. The summed E-state index contributed by atoms with van der Waals surface area (Å²) in [6.07, 6.45) is 0. The first kappa shape index (κ1) is 18.1. The van der Waals surface area contributed by atoms with Gasteiger partial charge < -0.3 is 19.1 Å². The van der Waals surface area contributed by atoms with E-state index in [0.717, 1.165) is 0 Å². The van der Waals surface area contributed by atoms with E-state index in [9.17, 15) is 13.2 Å². The minimum Gasteiger partial charge on any atom is -0.375 e. The molecular formula is C14H23N5O5S. The average molecular weight is 373 g/mol. The first-order chi connectivity index (χ1) is 11.8. The van der Waals surface area contributed by atoms with Gasteiger partial charge in [-0.3, -0.25) is 4.90 Å². The molecule has 2 amide bonds. The van der Waals surface area contributed by atoms with Crippen molar-refractivity contribution in [3.8, 4) is 0 Å². The number of piperazine rings is 1. The molecule has 1 aromatic heterocycles. The molecule has 2 atom stereocenters. The SMILES string of the molecule is COCc1nc(CN2CCN(C(=O)N(C)C)[C@@H]3CS(=O)(=O)C[C@@H]32)no1. The third kappa shape index (κ3) is 3.77. The molecule has 10 nitrogen and oxygen atoms in total. The number of carbonyl (C=O) groups is 1. The number of amides is 2. The van der Waals surface area contributed by atoms with E-state index in [1.165, 1.54) is 4.90 Å². The van der Waals surface area contributed by atoms with Crippen molar-refractivity contribution < 1.29 is 22.5 Å². The van der Waals surface area contributed by atoms with Gasteiger partial charge in [0.1, 0.15) is 6.61 Å². The summed E-state index contributed by atoms with van der Waals surface area (Å²) in [5.74, 6) is 0.907. The third-order valence-electron chi connectivity index (χ3n) is 4.54. The van der Waals surface area contributed by atoms with Crippen LogP contribution in [0.1, 0.15) is 11.7 Å². The number of carbonyl (C=O) groups excluding carboxylic acids is 1. The number of nitrogens with zero attached hydrogens (tertiary/aromatic N) is 5.